The van der Waals surface area contributed by atoms with Crippen molar-refractivity contribution in [3.05, 3.63) is 23.9 Å². The van der Waals surface area contributed by atoms with Gasteiger partial charge in [0.15, 0.2) is 0 Å². The van der Waals surface area contributed by atoms with Crippen molar-refractivity contribution in [1.29, 1.82) is 0 Å². The van der Waals surface area contributed by atoms with Gasteiger partial charge in [-0.2, -0.15) is 13.2 Å². The van der Waals surface area contributed by atoms with Crippen LogP contribution in [0, 0.1) is 0 Å². The zero-order chi connectivity index (χ0) is 15.9. The molecule has 0 aliphatic carbocycles. The van der Waals surface area contributed by atoms with Gasteiger partial charge in [-0.1, -0.05) is 13.0 Å². The van der Waals surface area contributed by atoms with Crippen LogP contribution in [0.15, 0.2) is 18.3 Å². The van der Waals surface area contributed by atoms with Gasteiger partial charge in [-0.05, 0) is 31.5 Å². The lowest BCUT2D eigenvalue weighted by molar-refractivity contribution is -0.120. The van der Waals surface area contributed by atoms with Crippen LogP contribution in [0.5, 0.6) is 0 Å². The molecule has 0 saturated heterocycles. The minimum absolute atomic E-state index is 0.0976. The fraction of sp³-hybridized carbons (Fsp3) is 0.643. The van der Waals surface area contributed by atoms with Crippen LogP contribution < -0.4 is 10.2 Å². The van der Waals surface area contributed by atoms with E-state index < -0.39 is 12.7 Å². The summed E-state index contributed by atoms with van der Waals surface area (Å²) in [5.74, 6) is 0.216. The van der Waals surface area contributed by atoms with Crippen molar-refractivity contribution >= 4 is 5.82 Å². The molecule has 0 bridgehead atoms. The molecule has 4 nitrogen and oxygen atoms in total. The molecule has 0 aliphatic heterocycles. The van der Waals surface area contributed by atoms with Crippen molar-refractivity contribution in [3.63, 3.8) is 0 Å². The summed E-state index contributed by atoms with van der Waals surface area (Å²) in [5.41, 5.74) is 0.920. The van der Waals surface area contributed by atoms with E-state index in [1.165, 1.54) is 0 Å². The number of rotatable bonds is 8. The van der Waals surface area contributed by atoms with Crippen molar-refractivity contribution in [2.45, 2.75) is 32.5 Å². The number of aromatic nitrogens is 1. The Kier molecular flexibility index (Phi) is 6.91. The molecule has 21 heavy (non-hydrogen) atoms. The standard InChI is InChI=1S/C14H22F3N3O/c1-3-6-18-11(2)12-4-5-13(19-9-12)20(7-8-21)10-14(15,16)17/h4-5,9,11,18,21H,3,6-8,10H2,1-2H3. The Morgan fingerprint density at radius 1 is 1.38 bits per heavy atom. The highest BCUT2D eigenvalue weighted by Crippen LogP contribution is 2.21. The molecule has 0 amide bonds. The Hall–Kier alpha value is -1.34. The van der Waals surface area contributed by atoms with Gasteiger partial charge >= 0.3 is 6.18 Å². The number of halogens is 3. The summed E-state index contributed by atoms with van der Waals surface area (Å²) in [7, 11) is 0. The zero-order valence-corrected chi connectivity index (χ0v) is 12.3. The Morgan fingerprint density at radius 3 is 2.57 bits per heavy atom. The normalized spacial score (nSPS) is 13.2. The molecule has 1 unspecified atom stereocenters. The number of anilines is 1. The minimum Gasteiger partial charge on any atom is -0.395 e. The number of aliphatic hydroxyl groups excluding tert-OH is 1. The number of aliphatic hydroxyl groups is 1. The smallest absolute Gasteiger partial charge is 0.395 e. The molecule has 0 radical (unpaired) electrons. The summed E-state index contributed by atoms with van der Waals surface area (Å²) in [4.78, 5) is 5.11. The van der Waals surface area contributed by atoms with Gasteiger partial charge in [0.25, 0.3) is 0 Å². The first-order valence-corrected chi connectivity index (χ1v) is 6.99. The summed E-state index contributed by atoms with van der Waals surface area (Å²) < 4.78 is 37.5. The van der Waals surface area contributed by atoms with Crippen LogP contribution in [-0.4, -0.2) is 42.5 Å². The Bertz CT molecular complexity index is 409. The van der Waals surface area contributed by atoms with E-state index in [4.69, 9.17) is 5.11 Å². The zero-order valence-electron chi connectivity index (χ0n) is 12.3. The second kappa shape index (κ2) is 8.19. The van der Waals surface area contributed by atoms with Crippen molar-refractivity contribution in [1.82, 2.24) is 10.3 Å². The van der Waals surface area contributed by atoms with Crippen molar-refractivity contribution < 1.29 is 18.3 Å². The topological polar surface area (TPSA) is 48.4 Å². The van der Waals surface area contributed by atoms with E-state index in [1.807, 2.05) is 6.92 Å². The quantitative estimate of drug-likeness (QED) is 0.775. The van der Waals surface area contributed by atoms with Gasteiger partial charge in [0, 0.05) is 18.8 Å². The van der Waals surface area contributed by atoms with Gasteiger partial charge in [-0.15, -0.1) is 0 Å². The third-order valence-corrected chi connectivity index (χ3v) is 3.04. The van der Waals surface area contributed by atoms with Crippen LogP contribution in [0.25, 0.3) is 0 Å². The first kappa shape index (κ1) is 17.7. The average Bonchev–Trinajstić information content (AvgIpc) is 2.43. The van der Waals surface area contributed by atoms with Gasteiger partial charge in [0.2, 0.25) is 0 Å². The number of nitrogens with zero attached hydrogens (tertiary/aromatic N) is 2. The van der Waals surface area contributed by atoms with Crippen LogP contribution in [0.2, 0.25) is 0 Å². The molecule has 1 rings (SSSR count). The fourth-order valence-corrected chi connectivity index (χ4v) is 1.93. The van der Waals surface area contributed by atoms with Gasteiger partial charge in [-0.3, -0.25) is 0 Å². The predicted molar refractivity (Wildman–Crippen MR) is 76.3 cm³/mol. The summed E-state index contributed by atoms with van der Waals surface area (Å²) in [6.45, 7) is 3.33. The summed E-state index contributed by atoms with van der Waals surface area (Å²) in [5, 5.41) is 12.2. The van der Waals surface area contributed by atoms with Crippen LogP contribution in [0.3, 0.4) is 0 Å². The first-order valence-electron chi connectivity index (χ1n) is 6.99. The minimum atomic E-state index is -4.33. The van der Waals surface area contributed by atoms with Gasteiger partial charge in [-0.25, -0.2) is 4.98 Å². The van der Waals surface area contributed by atoms with Gasteiger partial charge in [0.1, 0.15) is 12.4 Å². The molecule has 1 aromatic rings. The summed E-state index contributed by atoms with van der Waals surface area (Å²) in [6, 6.07) is 3.41. The highest BCUT2D eigenvalue weighted by molar-refractivity contribution is 5.40. The molecule has 1 heterocycles. The SMILES string of the molecule is CCCNC(C)c1ccc(N(CCO)CC(F)(F)F)nc1. The lowest BCUT2D eigenvalue weighted by Gasteiger charge is -2.24. The molecule has 0 fully saturated rings. The largest absolute Gasteiger partial charge is 0.405 e. The fourth-order valence-electron chi connectivity index (χ4n) is 1.93. The monoisotopic (exact) mass is 305 g/mol. The maximum Gasteiger partial charge on any atom is 0.405 e. The van der Waals surface area contributed by atoms with Crippen LogP contribution in [0.1, 0.15) is 31.9 Å². The van der Waals surface area contributed by atoms with Crippen molar-refractivity contribution in [2.24, 2.45) is 0 Å². The van der Waals surface area contributed by atoms with Crippen molar-refractivity contribution in [2.75, 3.05) is 31.1 Å². The number of alkyl halides is 3. The molecule has 1 atom stereocenters. The number of pyridine rings is 1. The third-order valence-electron chi connectivity index (χ3n) is 3.04. The maximum absolute atomic E-state index is 12.5. The molecule has 0 spiro atoms. The molecular weight excluding hydrogens is 283 g/mol. The predicted octanol–water partition coefficient (Wildman–Crippen LogP) is 2.50. The first-order chi connectivity index (χ1) is 9.87. The lowest BCUT2D eigenvalue weighted by atomic mass is 10.1. The van der Waals surface area contributed by atoms with E-state index in [0.717, 1.165) is 23.4 Å². The van der Waals surface area contributed by atoms with Crippen LogP contribution >= 0.6 is 0 Å². The highest BCUT2D eigenvalue weighted by atomic mass is 19.4. The maximum atomic E-state index is 12.5. The second-order valence-corrected chi connectivity index (χ2v) is 4.89. The van der Waals surface area contributed by atoms with E-state index in [1.54, 1.807) is 18.3 Å². The van der Waals surface area contributed by atoms with E-state index >= 15 is 0 Å². The van der Waals surface area contributed by atoms with Gasteiger partial charge in [0.05, 0.1) is 6.61 Å². The molecular formula is C14H22F3N3O. The molecule has 1 aromatic heterocycles. The average molecular weight is 305 g/mol. The van der Waals surface area contributed by atoms with Crippen LogP contribution in [0.4, 0.5) is 19.0 Å². The molecule has 0 aliphatic rings. The Morgan fingerprint density at radius 2 is 2.10 bits per heavy atom. The number of nitrogens with one attached hydrogen (secondary N) is 1. The third kappa shape index (κ3) is 6.31. The Labute approximate surface area is 123 Å². The highest BCUT2D eigenvalue weighted by Gasteiger charge is 2.31. The number of hydrogen-bond donors (Lipinski definition) is 2. The van der Waals surface area contributed by atoms with E-state index in [0.29, 0.717) is 0 Å². The summed E-state index contributed by atoms with van der Waals surface area (Å²) >= 11 is 0. The molecule has 0 aromatic carbocycles. The summed E-state index contributed by atoms with van der Waals surface area (Å²) in [6.07, 6.45) is -1.75. The van der Waals surface area contributed by atoms with E-state index in [2.05, 4.69) is 17.2 Å². The molecule has 7 heteroatoms. The molecule has 120 valence electrons. The van der Waals surface area contributed by atoms with Crippen molar-refractivity contribution in [3.8, 4) is 0 Å². The lowest BCUT2D eigenvalue weighted by Crippen LogP contribution is -2.36. The van der Waals surface area contributed by atoms with Gasteiger partial charge < -0.3 is 15.3 Å². The molecule has 2 N–H and O–H groups in total. The van der Waals surface area contributed by atoms with E-state index in [9.17, 15) is 13.2 Å². The second-order valence-electron chi connectivity index (χ2n) is 4.89. The molecule has 0 saturated carbocycles. The Balaban J connectivity index is 2.77. The number of hydrogen-bond acceptors (Lipinski definition) is 4. The van der Waals surface area contributed by atoms with E-state index in [-0.39, 0.29) is 25.0 Å². The van der Waals surface area contributed by atoms with Crippen LogP contribution in [-0.2, 0) is 0 Å².